The minimum atomic E-state index is 0.251. The molecule has 66 valence electrons. The summed E-state index contributed by atoms with van der Waals surface area (Å²) in [6.45, 7) is 4.62. The first-order valence-electron chi connectivity index (χ1n) is 4.05. The van der Waals surface area contributed by atoms with Crippen LogP contribution in [-0.4, -0.2) is 6.10 Å². The van der Waals surface area contributed by atoms with Gasteiger partial charge < -0.3 is 4.74 Å². The Balaban J connectivity index is 2.57. The molecule has 1 aromatic carbocycles. The van der Waals surface area contributed by atoms with Crippen molar-refractivity contribution < 1.29 is 4.74 Å². The molecule has 0 aromatic heterocycles. The summed E-state index contributed by atoms with van der Waals surface area (Å²) >= 11 is 5.93. The summed E-state index contributed by atoms with van der Waals surface area (Å²) in [7, 11) is 0. The molecule has 1 nitrogen and oxygen atoms in total. The monoisotopic (exact) mass is 184 g/mol. The van der Waals surface area contributed by atoms with E-state index in [4.69, 9.17) is 16.3 Å². The van der Waals surface area contributed by atoms with Crippen LogP contribution in [0, 0.1) is 0 Å². The van der Waals surface area contributed by atoms with Crippen LogP contribution in [0.5, 0.6) is 0 Å². The Kier molecular flexibility index (Phi) is 3.57. The molecule has 0 spiro atoms. The lowest BCUT2D eigenvalue weighted by molar-refractivity contribution is 0.0657. The van der Waals surface area contributed by atoms with Crippen molar-refractivity contribution in [2.45, 2.75) is 26.6 Å². The van der Waals surface area contributed by atoms with Gasteiger partial charge in [0.05, 0.1) is 12.7 Å². The maximum Gasteiger partial charge on any atom is 0.0734 e. The van der Waals surface area contributed by atoms with Gasteiger partial charge in [-0.05, 0) is 25.5 Å². The highest BCUT2D eigenvalue weighted by Crippen LogP contribution is 2.16. The molecule has 0 N–H and O–H groups in total. The van der Waals surface area contributed by atoms with E-state index in [0.29, 0.717) is 6.61 Å². The molecule has 1 rings (SSSR count). The van der Waals surface area contributed by atoms with E-state index in [1.54, 1.807) is 0 Å². The highest BCUT2D eigenvalue weighted by molar-refractivity contribution is 6.31. The second-order valence-electron chi connectivity index (χ2n) is 2.95. The van der Waals surface area contributed by atoms with Crippen LogP contribution in [0.3, 0.4) is 0 Å². The summed E-state index contributed by atoms with van der Waals surface area (Å²) in [6, 6.07) is 7.73. The Morgan fingerprint density at radius 3 is 2.58 bits per heavy atom. The Hall–Kier alpha value is -0.530. The van der Waals surface area contributed by atoms with Crippen molar-refractivity contribution in [1.82, 2.24) is 0 Å². The number of hydrogen-bond acceptors (Lipinski definition) is 1. The Morgan fingerprint density at radius 2 is 2.00 bits per heavy atom. The standard InChI is InChI=1S/C10H13ClO/c1-8(2)12-7-9-5-3-4-6-10(9)11/h3-6,8H,7H2,1-2H3. The minimum absolute atomic E-state index is 0.251. The molecule has 1 aromatic rings. The summed E-state index contributed by atoms with van der Waals surface area (Å²) in [4.78, 5) is 0. The third kappa shape index (κ3) is 2.84. The molecule has 0 fully saturated rings. The molecule has 0 unspecified atom stereocenters. The second kappa shape index (κ2) is 4.48. The molecule has 0 saturated carbocycles. The first kappa shape index (κ1) is 9.56. The normalized spacial score (nSPS) is 10.7. The highest BCUT2D eigenvalue weighted by Gasteiger charge is 1.99. The van der Waals surface area contributed by atoms with Gasteiger partial charge >= 0.3 is 0 Å². The lowest BCUT2D eigenvalue weighted by atomic mass is 10.2. The Bertz CT molecular complexity index is 245. The predicted octanol–water partition coefficient (Wildman–Crippen LogP) is 3.27. The van der Waals surface area contributed by atoms with E-state index in [1.165, 1.54) is 0 Å². The molecule has 0 heterocycles. The average Bonchev–Trinajstić information content (AvgIpc) is 2.03. The first-order valence-corrected chi connectivity index (χ1v) is 4.43. The molecule has 0 radical (unpaired) electrons. The maximum absolute atomic E-state index is 5.93. The van der Waals surface area contributed by atoms with Crippen LogP contribution in [0.25, 0.3) is 0 Å². The van der Waals surface area contributed by atoms with Gasteiger partial charge in [0.1, 0.15) is 0 Å². The first-order chi connectivity index (χ1) is 5.70. The lowest BCUT2D eigenvalue weighted by Gasteiger charge is -2.08. The van der Waals surface area contributed by atoms with Crippen LogP contribution in [0.2, 0.25) is 5.02 Å². The summed E-state index contributed by atoms with van der Waals surface area (Å²) in [5.41, 5.74) is 1.05. The molecular formula is C10H13ClO. The largest absolute Gasteiger partial charge is 0.374 e. The van der Waals surface area contributed by atoms with E-state index >= 15 is 0 Å². The number of halogens is 1. The van der Waals surface area contributed by atoms with Crippen LogP contribution >= 0.6 is 11.6 Å². The number of rotatable bonds is 3. The fraction of sp³-hybridized carbons (Fsp3) is 0.400. The molecule has 0 aliphatic carbocycles. The minimum Gasteiger partial charge on any atom is -0.374 e. The highest BCUT2D eigenvalue weighted by atomic mass is 35.5. The van der Waals surface area contributed by atoms with Gasteiger partial charge in [-0.2, -0.15) is 0 Å². The van der Waals surface area contributed by atoms with Gasteiger partial charge in [0.2, 0.25) is 0 Å². The van der Waals surface area contributed by atoms with E-state index in [0.717, 1.165) is 10.6 Å². The third-order valence-corrected chi connectivity index (χ3v) is 1.90. The van der Waals surface area contributed by atoms with Crippen LogP contribution in [-0.2, 0) is 11.3 Å². The van der Waals surface area contributed by atoms with E-state index in [2.05, 4.69) is 0 Å². The van der Waals surface area contributed by atoms with Crippen molar-refractivity contribution in [3.63, 3.8) is 0 Å². The van der Waals surface area contributed by atoms with Gasteiger partial charge in [0, 0.05) is 5.02 Å². The summed E-state index contributed by atoms with van der Waals surface area (Å²) in [5.74, 6) is 0. The lowest BCUT2D eigenvalue weighted by Crippen LogP contribution is -2.02. The molecule has 2 heteroatoms. The summed E-state index contributed by atoms with van der Waals surface area (Å²) < 4.78 is 5.42. The molecule has 0 bridgehead atoms. The van der Waals surface area contributed by atoms with Crippen molar-refractivity contribution in [3.8, 4) is 0 Å². The van der Waals surface area contributed by atoms with Crippen molar-refractivity contribution in [2.24, 2.45) is 0 Å². The van der Waals surface area contributed by atoms with Crippen LogP contribution in [0.4, 0.5) is 0 Å². The van der Waals surface area contributed by atoms with Gasteiger partial charge in [-0.15, -0.1) is 0 Å². The summed E-state index contributed by atoms with van der Waals surface area (Å²) in [5, 5.41) is 0.776. The number of benzene rings is 1. The van der Waals surface area contributed by atoms with E-state index in [1.807, 2.05) is 38.1 Å². The third-order valence-electron chi connectivity index (χ3n) is 1.53. The smallest absolute Gasteiger partial charge is 0.0734 e. The van der Waals surface area contributed by atoms with Crippen LogP contribution < -0.4 is 0 Å². The Labute approximate surface area is 78.3 Å². The topological polar surface area (TPSA) is 9.23 Å². The molecular weight excluding hydrogens is 172 g/mol. The molecule has 0 atom stereocenters. The molecule has 0 aliphatic heterocycles. The number of hydrogen-bond donors (Lipinski definition) is 0. The number of ether oxygens (including phenoxy) is 1. The average molecular weight is 185 g/mol. The molecule has 0 amide bonds. The van der Waals surface area contributed by atoms with Crippen molar-refractivity contribution in [2.75, 3.05) is 0 Å². The van der Waals surface area contributed by atoms with Gasteiger partial charge in [-0.25, -0.2) is 0 Å². The molecule has 0 saturated heterocycles. The van der Waals surface area contributed by atoms with Gasteiger partial charge in [-0.1, -0.05) is 29.8 Å². The van der Waals surface area contributed by atoms with Crippen molar-refractivity contribution >= 4 is 11.6 Å². The van der Waals surface area contributed by atoms with E-state index in [-0.39, 0.29) is 6.10 Å². The van der Waals surface area contributed by atoms with E-state index in [9.17, 15) is 0 Å². The fourth-order valence-corrected chi connectivity index (χ4v) is 1.06. The predicted molar refractivity (Wildman–Crippen MR) is 51.4 cm³/mol. The zero-order valence-corrected chi connectivity index (χ0v) is 8.14. The zero-order valence-electron chi connectivity index (χ0n) is 7.38. The Morgan fingerprint density at radius 1 is 1.33 bits per heavy atom. The summed E-state index contributed by atoms with van der Waals surface area (Å²) in [6.07, 6.45) is 0.251. The van der Waals surface area contributed by atoms with Crippen molar-refractivity contribution in [1.29, 1.82) is 0 Å². The fourth-order valence-electron chi connectivity index (χ4n) is 0.872. The van der Waals surface area contributed by atoms with Crippen molar-refractivity contribution in [3.05, 3.63) is 34.9 Å². The van der Waals surface area contributed by atoms with Gasteiger partial charge in [0.15, 0.2) is 0 Å². The van der Waals surface area contributed by atoms with Gasteiger partial charge in [0.25, 0.3) is 0 Å². The van der Waals surface area contributed by atoms with Crippen LogP contribution in [0.15, 0.2) is 24.3 Å². The zero-order chi connectivity index (χ0) is 8.97. The maximum atomic E-state index is 5.93. The van der Waals surface area contributed by atoms with Gasteiger partial charge in [-0.3, -0.25) is 0 Å². The second-order valence-corrected chi connectivity index (χ2v) is 3.36. The molecule has 0 aliphatic rings. The van der Waals surface area contributed by atoms with Crippen LogP contribution in [0.1, 0.15) is 19.4 Å². The SMILES string of the molecule is CC(C)OCc1ccccc1Cl. The quantitative estimate of drug-likeness (QED) is 0.701. The van der Waals surface area contributed by atoms with E-state index < -0.39 is 0 Å². The molecule has 12 heavy (non-hydrogen) atoms.